The van der Waals surface area contributed by atoms with Crippen LogP contribution in [-0.2, 0) is 16.1 Å². The SMILES string of the molecule is Cc1cccnc1CN1CC2(CC(COCC(=O)N(C)C)CN2C)C1. The van der Waals surface area contributed by atoms with Crippen LogP contribution in [0.1, 0.15) is 17.7 Å². The predicted molar refractivity (Wildman–Crippen MR) is 97.2 cm³/mol. The highest BCUT2D eigenvalue weighted by atomic mass is 16.5. The zero-order valence-electron chi connectivity index (χ0n) is 15.9. The molecule has 2 aliphatic rings. The second-order valence-corrected chi connectivity index (χ2v) is 7.89. The number of hydrogen-bond donors (Lipinski definition) is 0. The van der Waals surface area contributed by atoms with Crippen LogP contribution in [0.15, 0.2) is 18.3 Å². The number of likely N-dealkylation sites (N-methyl/N-ethyl adjacent to an activating group) is 2. The van der Waals surface area contributed by atoms with Crippen LogP contribution in [0.2, 0.25) is 0 Å². The van der Waals surface area contributed by atoms with Crippen LogP contribution >= 0.6 is 0 Å². The highest BCUT2D eigenvalue weighted by Gasteiger charge is 2.51. The molecule has 0 bridgehead atoms. The monoisotopic (exact) mass is 346 g/mol. The Balaban J connectivity index is 1.45. The van der Waals surface area contributed by atoms with Crippen LogP contribution in [0, 0.1) is 12.8 Å². The Kier molecular flexibility index (Phi) is 5.41. The van der Waals surface area contributed by atoms with Crippen LogP contribution in [0.4, 0.5) is 0 Å². The summed E-state index contributed by atoms with van der Waals surface area (Å²) in [5, 5.41) is 0. The normalized spacial score (nSPS) is 23.0. The van der Waals surface area contributed by atoms with Crippen molar-refractivity contribution in [2.45, 2.75) is 25.4 Å². The van der Waals surface area contributed by atoms with Crippen molar-refractivity contribution >= 4 is 5.91 Å². The zero-order chi connectivity index (χ0) is 18.0. The number of nitrogens with zero attached hydrogens (tertiary/aromatic N) is 4. The molecule has 1 aromatic heterocycles. The number of rotatable bonds is 6. The van der Waals surface area contributed by atoms with Gasteiger partial charge in [-0.2, -0.15) is 0 Å². The third kappa shape index (κ3) is 4.02. The maximum Gasteiger partial charge on any atom is 0.248 e. The number of hydrogen-bond acceptors (Lipinski definition) is 5. The molecular weight excluding hydrogens is 316 g/mol. The molecule has 6 heteroatoms. The van der Waals surface area contributed by atoms with Gasteiger partial charge in [0, 0.05) is 52.0 Å². The Hall–Kier alpha value is -1.50. The van der Waals surface area contributed by atoms with Crippen LogP contribution in [0.3, 0.4) is 0 Å². The van der Waals surface area contributed by atoms with Crippen molar-refractivity contribution in [1.82, 2.24) is 19.7 Å². The van der Waals surface area contributed by atoms with Gasteiger partial charge in [0.05, 0.1) is 12.3 Å². The van der Waals surface area contributed by atoms with Crippen LogP contribution < -0.4 is 0 Å². The second kappa shape index (κ2) is 7.40. The molecule has 0 radical (unpaired) electrons. The molecule has 1 unspecified atom stereocenters. The lowest BCUT2D eigenvalue weighted by molar-refractivity contribution is -0.134. The first kappa shape index (κ1) is 18.3. The van der Waals surface area contributed by atoms with Gasteiger partial charge in [-0.15, -0.1) is 0 Å². The van der Waals surface area contributed by atoms with Crippen molar-refractivity contribution in [2.24, 2.45) is 5.92 Å². The summed E-state index contributed by atoms with van der Waals surface area (Å²) in [7, 11) is 5.74. The summed E-state index contributed by atoms with van der Waals surface area (Å²) >= 11 is 0. The molecule has 138 valence electrons. The predicted octanol–water partition coefficient (Wildman–Crippen LogP) is 1.00. The number of carbonyl (C=O) groups excluding carboxylic acids is 1. The van der Waals surface area contributed by atoms with Crippen molar-refractivity contribution in [1.29, 1.82) is 0 Å². The minimum atomic E-state index is 0.0293. The Labute approximate surface area is 150 Å². The molecule has 2 fully saturated rings. The first-order valence-corrected chi connectivity index (χ1v) is 9.01. The molecular formula is C19H30N4O2. The van der Waals surface area contributed by atoms with Crippen molar-refractivity contribution < 1.29 is 9.53 Å². The number of pyridine rings is 1. The fourth-order valence-electron chi connectivity index (χ4n) is 4.06. The van der Waals surface area contributed by atoms with Crippen molar-refractivity contribution in [3.63, 3.8) is 0 Å². The van der Waals surface area contributed by atoms with Gasteiger partial charge >= 0.3 is 0 Å². The quantitative estimate of drug-likeness (QED) is 0.769. The summed E-state index contributed by atoms with van der Waals surface area (Å²) in [5.74, 6) is 0.542. The van der Waals surface area contributed by atoms with E-state index >= 15 is 0 Å². The average Bonchev–Trinajstić information content (AvgIpc) is 2.85. The average molecular weight is 346 g/mol. The van der Waals surface area contributed by atoms with Crippen LogP contribution in [0.5, 0.6) is 0 Å². The lowest BCUT2D eigenvalue weighted by Crippen LogP contribution is -2.66. The van der Waals surface area contributed by atoms with Crippen molar-refractivity contribution in [3.05, 3.63) is 29.6 Å². The lowest BCUT2D eigenvalue weighted by atomic mass is 9.84. The van der Waals surface area contributed by atoms with Gasteiger partial charge in [-0.1, -0.05) is 6.07 Å². The lowest BCUT2D eigenvalue weighted by Gasteiger charge is -2.52. The van der Waals surface area contributed by atoms with E-state index in [4.69, 9.17) is 4.74 Å². The maximum atomic E-state index is 11.6. The summed E-state index contributed by atoms with van der Waals surface area (Å²) in [4.78, 5) is 22.6. The summed E-state index contributed by atoms with van der Waals surface area (Å²) in [6.07, 6.45) is 3.03. The number of likely N-dealkylation sites (tertiary alicyclic amines) is 2. The number of ether oxygens (including phenoxy) is 1. The molecule has 1 spiro atoms. The standard InChI is InChI=1S/C19H30N4O2/c1-15-6-5-7-20-17(15)10-23-13-19(14-23)8-16(9-22(19)4)11-25-12-18(24)21(2)3/h5-7,16H,8-14H2,1-4H3. The van der Waals surface area contributed by atoms with E-state index in [1.165, 1.54) is 11.3 Å². The van der Waals surface area contributed by atoms with Crippen LogP contribution in [0.25, 0.3) is 0 Å². The Morgan fingerprint density at radius 3 is 2.88 bits per heavy atom. The second-order valence-electron chi connectivity index (χ2n) is 7.89. The largest absolute Gasteiger partial charge is 0.371 e. The molecule has 0 aliphatic carbocycles. The van der Waals surface area contributed by atoms with Gasteiger partial charge in [0.15, 0.2) is 0 Å². The van der Waals surface area contributed by atoms with Gasteiger partial charge < -0.3 is 9.64 Å². The summed E-state index contributed by atoms with van der Waals surface area (Å²) in [5.41, 5.74) is 2.72. The molecule has 6 nitrogen and oxygen atoms in total. The minimum absolute atomic E-state index is 0.0293. The zero-order valence-corrected chi connectivity index (χ0v) is 15.9. The summed E-state index contributed by atoms with van der Waals surface area (Å²) in [6.45, 7) is 7.14. The number of aromatic nitrogens is 1. The Morgan fingerprint density at radius 1 is 1.44 bits per heavy atom. The van der Waals surface area contributed by atoms with Crippen molar-refractivity contribution in [2.75, 3.05) is 54.0 Å². The summed E-state index contributed by atoms with van der Waals surface area (Å²) in [6, 6.07) is 4.12. The van der Waals surface area contributed by atoms with E-state index in [-0.39, 0.29) is 18.1 Å². The molecule has 2 aliphatic heterocycles. The van der Waals surface area contributed by atoms with E-state index in [0.29, 0.717) is 12.5 Å². The van der Waals surface area contributed by atoms with Gasteiger partial charge in [0.25, 0.3) is 0 Å². The highest BCUT2D eigenvalue weighted by Crippen LogP contribution is 2.40. The van der Waals surface area contributed by atoms with Crippen LogP contribution in [-0.4, -0.2) is 85.1 Å². The van der Waals surface area contributed by atoms with Gasteiger partial charge in [-0.25, -0.2) is 0 Å². The Morgan fingerprint density at radius 2 is 2.20 bits per heavy atom. The smallest absolute Gasteiger partial charge is 0.248 e. The van der Waals surface area contributed by atoms with E-state index in [1.807, 2.05) is 12.3 Å². The molecule has 1 aromatic rings. The number of aryl methyl sites for hydroxylation is 1. The van der Waals surface area contributed by atoms with E-state index in [0.717, 1.165) is 32.6 Å². The fourth-order valence-corrected chi connectivity index (χ4v) is 4.06. The molecule has 3 heterocycles. The molecule has 3 rings (SSSR count). The summed E-state index contributed by atoms with van der Waals surface area (Å²) < 4.78 is 5.65. The topological polar surface area (TPSA) is 48.9 Å². The van der Waals surface area contributed by atoms with E-state index < -0.39 is 0 Å². The third-order valence-corrected chi connectivity index (χ3v) is 5.62. The first-order valence-electron chi connectivity index (χ1n) is 9.01. The molecule has 1 atom stereocenters. The van der Waals surface area contributed by atoms with Crippen molar-refractivity contribution in [3.8, 4) is 0 Å². The van der Waals surface area contributed by atoms with E-state index in [1.54, 1.807) is 19.0 Å². The number of amides is 1. The molecule has 25 heavy (non-hydrogen) atoms. The first-order chi connectivity index (χ1) is 11.9. The van der Waals surface area contributed by atoms with E-state index in [9.17, 15) is 4.79 Å². The Bertz CT molecular complexity index is 613. The van der Waals surface area contributed by atoms with Gasteiger partial charge in [-0.3, -0.25) is 19.6 Å². The third-order valence-electron chi connectivity index (χ3n) is 5.62. The fraction of sp³-hybridized carbons (Fsp3) is 0.684. The maximum absolute atomic E-state index is 11.6. The molecule has 0 saturated carbocycles. The van der Waals surface area contributed by atoms with Gasteiger partial charge in [0.2, 0.25) is 5.91 Å². The van der Waals surface area contributed by atoms with Gasteiger partial charge in [0.1, 0.15) is 6.61 Å². The molecule has 0 aromatic carbocycles. The number of carbonyl (C=O) groups is 1. The molecule has 0 N–H and O–H groups in total. The highest BCUT2D eigenvalue weighted by molar-refractivity contribution is 5.76. The van der Waals surface area contributed by atoms with E-state index in [2.05, 4.69) is 34.8 Å². The molecule has 1 amide bonds. The minimum Gasteiger partial charge on any atom is -0.371 e. The molecule has 2 saturated heterocycles. The van der Waals surface area contributed by atoms with Gasteiger partial charge in [-0.05, 0) is 37.9 Å².